The van der Waals surface area contributed by atoms with Crippen LogP contribution in [0.1, 0.15) is 56.7 Å². The zero-order valence-electron chi connectivity index (χ0n) is 18.7. The van der Waals surface area contributed by atoms with Gasteiger partial charge in [-0.1, -0.05) is 32.9 Å². The highest BCUT2D eigenvalue weighted by Gasteiger charge is 2.25. The predicted octanol–water partition coefficient (Wildman–Crippen LogP) is 4.71. The number of aromatic nitrogens is 2. The van der Waals surface area contributed by atoms with Crippen molar-refractivity contribution >= 4 is 5.91 Å². The minimum atomic E-state index is -0.537. The van der Waals surface area contributed by atoms with Crippen LogP contribution in [0, 0.1) is 5.92 Å². The van der Waals surface area contributed by atoms with Crippen LogP contribution in [-0.4, -0.2) is 53.3 Å². The number of ether oxygens (including phenoxy) is 1. The Hall–Kier alpha value is -2.21. The van der Waals surface area contributed by atoms with Gasteiger partial charge in [0.15, 0.2) is 0 Å². The molecule has 1 aromatic heterocycles. The van der Waals surface area contributed by atoms with Crippen LogP contribution in [0.5, 0.6) is 0 Å². The topological polar surface area (TPSA) is 47.4 Å². The van der Waals surface area contributed by atoms with Gasteiger partial charge < -0.3 is 14.2 Å². The fourth-order valence-electron chi connectivity index (χ4n) is 4.00. The maximum absolute atomic E-state index is 12.8. The van der Waals surface area contributed by atoms with Crippen LogP contribution >= 0.6 is 0 Å². The molecule has 30 heavy (non-hydrogen) atoms. The molecule has 164 valence electrons. The number of rotatable bonds is 7. The fourth-order valence-corrected chi connectivity index (χ4v) is 4.00. The monoisotopic (exact) mass is 415 g/mol. The molecule has 0 aliphatic carbocycles. The highest BCUT2D eigenvalue weighted by Crippen LogP contribution is 2.29. The van der Waals surface area contributed by atoms with E-state index in [0.29, 0.717) is 18.0 Å². The molecule has 0 spiro atoms. The molecular formula is C24H34FN3O2. The number of carbonyl (C=O) groups excluding carboxylic acids is 1. The lowest BCUT2D eigenvalue weighted by atomic mass is 9.94. The minimum absolute atomic E-state index is 0.0863. The summed E-state index contributed by atoms with van der Waals surface area (Å²) < 4.78 is 20.6. The Morgan fingerprint density at radius 2 is 2.03 bits per heavy atom. The number of carbonyl (C=O) groups is 1. The number of nitrogens with zero attached hydrogens (tertiary/aromatic N) is 3. The molecule has 2 heterocycles. The fraction of sp³-hybridized carbons (Fsp3) is 0.583. The Kier molecular flexibility index (Phi) is 7.29. The van der Waals surface area contributed by atoms with Gasteiger partial charge in [-0.25, -0.2) is 9.37 Å². The molecule has 0 N–H and O–H groups in total. The van der Waals surface area contributed by atoms with Crippen molar-refractivity contribution in [2.24, 2.45) is 5.92 Å². The van der Waals surface area contributed by atoms with E-state index in [1.54, 1.807) is 6.07 Å². The first-order valence-corrected chi connectivity index (χ1v) is 10.9. The number of imidazole rings is 1. The molecule has 1 aliphatic rings. The molecule has 0 saturated carbocycles. The second kappa shape index (κ2) is 9.73. The van der Waals surface area contributed by atoms with Gasteiger partial charge in [-0.3, -0.25) is 4.79 Å². The number of hydrogen-bond acceptors (Lipinski definition) is 3. The second-order valence-corrected chi connectivity index (χ2v) is 9.06. The first-order valence-electron chi connectivity index (χ1n) is 10.9. The van der Waals surface area contributed by atoms with E-state index in [9.17, 15) is 9.18 Å². The van der Waals surface area contributed by atoms with E-state index >= 15 is 0 Å². The van der Waals surface area contributed by atoms with Crippen molar-refractivity contribution in [1.82, 2.24) is 14.5 Å². The molecule has 0 unspecified atom stereocenters. The van der Waals surface area contributed by atoms with Crippen molar-refractivity contribution in [2.45, 2.75) is 52.5 Å². The van der Waals surface area contributed by atoms with Gasteiger partial charge in [0.1, 0.15) is 12.5 Å². The smallest absolute Gasteiger partial charge is 0.253 e. The maximum atomic E-state index is 12.8. The Bertz CT molecular complexity index is 850. The van der Waals surface area contributed by atoms with Crippen LogP contribution in [0.25, 0.3) is 11.3 Å². The number of alkyl halides is 1. The third kappa shape index (κ3) is 5.28. The van der Waals surface area contributed by atoms with Crippen molar-refractivity contribution < 1.29 is 13.9 Å². The van der Waals surface area contributed by atoms with Crippen molar-refractivity contribution in [3.05, 3.63) is 41.9 Å². The predicted molar refractivity (Wildman–Crippen MR) is 117 cm³/mol. The number of hydrogen-bond donors (Lipinski definition) is 0. The van der Waals surface area contributed by atoms with Crippen molar-refractivity contribution in [1.29, 1.82) is 0 Å². The molecule has 1 aromatic carbocycles. The van der Waals surface area contributed by atoms with E-state index in [1.165, 1.54) is 4.90 Å². The Labute approximate surface area is 179 Å². The molecule has 1 fully saturated rings. The van der Waals surface area contributed by atoms with Gasteiger partial charge in [0.25, 0.3) is 5.91 Å². The molecule has 5 nitrogen and oxygen atoms in total. The SMILES string of the molecule is CCN(CCF)C(=O)c1cccc(-c2cn(CC3CCOCC3)c(C(C)(C)C)n2)c1. The highest BCUT2D eigenvalue weighted by molar-refractivity contribution is 5.95. The van der Waals surface area contributed by atoms with Crippen LogP contribution in [-0.2, 0) is 16.7 Å². The molecule has 2 aromatic rings. The summed E-state index contributed by atoms with van der Waals surface area (Å²) >= 11 is 0. The standard InChI is InChI=1S/C24H34FN3O2/c1-5-27(12-11-25)22(29)20-8-6-7-19(15-20)21-17-28(23(26-21)24(2,3)4)16-18-9-13-30-14-10-18/h6-8,15,17-18H,5,9-14,16H2,1-4H3. The summed E-state index contributed by atoms with van der Waals surface area (Å²) in [7, 11) is 0. The lowest BCUT2D eigenvalue weighted by Gasteiger charge is -2.25. The molecule has 1 amide bonds. The zero-order valence-corrected chi connectivity index (χ0v) is 18.7. The summed E-state index contributed by atoms with van der Waals surface area (Å²) in [5, 5.41) is 0. The van der Waals surface area contributed by atoms with Gasteiger partial charge in [-0.2, -0.15) is 0 Å². The lowest BCUT2D eigenvalue weighted by molar-refractivity contribution is 0.0607. The van der Waals surface area contributed by atoms with Crippen LogP contribution in [0.15, 0.2) is 30.5 Å². The molecule has 1 aliphatic heterocycles. The largest absolute Gasteiger partial charge is 0.381 e. The van der Waals surface area contributed by atoms with Crippen LogP contribution < -0.4 is 0 Å². The average Bonchev–Trinajstić information content (AvgIpc) is 3.17. The minimum Gasteiger partial charge on any atom is -0.381 e. The van der Waals surface area contributed by atoms with E-state index in [0.717, 1.165) is 49.7 Å². The van der Waals surface area contributed by atoms with Gasteiger partial charge in [0.05, 0.1) is 5.69 Å². The molecular weight excluding hydrogens is 381 g/mol. The zero-order chi connectivity index (χ0) is 21.7. The van der Waals surface area contributed by atoms with E-state index in [4.69, 9.17) is 9.72 Å². The van der Waals surface area contributed by atoms with E-state index in [2.05, 4.69) is 31.5 Å². The second-order valence-electron chi connectivity index (χ2n) is 9.06. The van der Waals surface area contributed by atoms with Crippen molar-refractivity contribution in [2.75, 3.05) is 33.0 Å². The van der Waals surface area contributed by atoms with Crippen LogP contribution in [0.2, 0.25) is 0 Å². The maximum Gasteiger partial charge on any atom is 0.253 e. The van der Waals surface area contributed by atoms with Crippen LogP contribution in [0.3, 0.4) is 0 Å². The number of amides is 1. The van der Waals surface area contributed by atoms with Gasteiger partial charge in [-0.15, -0.1) is 0 Å². The molecule has 0 radical (unpaired) electrons. The number of benzene rings is 1. The quantitative estimate of drug-likeness (QED) is 0.658. The van der Waals surface area contributed by atoms with Gasteiger partial charge in [0, 0.05) is 55.6 Å². The van der Waals surface area contributed by atoms with Crippen molar-refractivity contribution in [3.63, 3.8) is 0 Å². The van der Waals surface area contributed by atoms with E-state index < -0.39 is 6.67 Å². The average molecular weight is 416 g/mol. The van der Waals surface area contributed by atoms with Gasteiger partial charge in [-0.05, 0) is 37.8 Å². The summed E-state index contributed by atoms with van der Waals surface area (Å²) in [6.07, 6.45) is 4.25. The Morgan fingerprint density at radius 1 is 1.30 bits per heavy atom. The lowest BCUT2D eigenvalue weighted by Crippen LogP contribution is -2.32. The Balaban J connectivity index is 1.90. The first kappa shape index (κ1) is 22.5. The molecule has 1 saturated heterocycles. The van der Waals surface area contributed by atoms with Gasteiger partial charge >= 0.3 is 0 Å². The van der Waals surface area contributed by atoms with Gasteiger partial charge in [0.2, 0.25) is 0 Å². The van der Waals surface area contributed by atoms with E-state index in [-0.39, 0.29) is 17.9 Å². The Morgan fingerprint density at radius 3 is 2.67 bits per heavy atom. The molecule has 0 atom stereocenters. The van der Waals surface area contributed by atoms with Crippen LogP contribution in [0.4, 0.5) is 4.39 Å². The normalized spacial score (nSPS) is 15.4. The summed E-state index contributed by atoms with van der Waals surface area (Å²) in [5.41, 5.74) is 2.26. The summed E-state index contributed by atoms with van der Waals surface area (Å²) in [5.74, 6) is 1.50. The summed E-state index contributed by atoms with van der Waals surface area (Å²) in [6, 6.07) is 7.52. The molecule has 0 bridgehead atoms. The summed E-state index contributed by atoms with van der Waals surface area (Å²) in [6.45, 7) is 11.1. The molecule has 3 rings (SSSR count). The van der Waals surface area contributed by atoms with E-state index in [1.807, 2.05) is 25.1 Å². The summed E-state index contributed by atoms with van der Waals surface area (Å²) in [4.78, 5) is 19.3. The molecule has 6 heteroatoms. The third-order valence-corrected chi connectivity index (χ3v) is 5.67. The third-order valence-electron chi connectivity index (χ3n) is 5.67. The first-order chi connectivity index (χ1) is 14.3. The van der Waals surface area contributed by atoms with Crippen molar-refractivity contribution in [3.8, 4) is 11.3 Å². The number of halogens is 1. The highest BCUT2D eigenvalue weighted by atomic mass is 19.1.